The minimum Gasteiger partial charge on any atom is -0.353 e. The van der Waals surface area contributed by atoms with Crippen molar-refractivity contribution < 1.29 is 4.79 Å². The molecule has 2 heterocycles. The lowest BCUT2D eigenvalue weighted by molar-refractivity contribution is -0.121. The monoisotopic (exact) mass is 285 g/mol. The van der Waals surface area contributed by atoms with Gasteiger partial charge in [-0.1, -0.05) is 31.7 Å². The highest BCUT2D eigenvalue weighted by atomic mass is 16.1. The van der Waals surface area contributed by atoms with Crippen molar-refractivity contribution in [3.63, 3.8) is 0 Å². The largest absolute Gasteiger partial charge is 0.353 e. The number of carbonyl (C=O) groups is 1. The fourth-order valence-electron chi connectivity index (χ4n) is 3.16. The predicted molar refractivity (Wildman–Crippen MR) is 83.3 cm³/mol. The number of amides is 1. The van der Waals surface area contributed by atoms with Crippen LogP contribution in [0.4, 0.5) is 0 Å². The third-order valence-corrected chi connectivity index (χ3v) is 4.29. The maximum atomic E-state index is 12.2. The topological polar surface area (TPSA) is 46.4 Å². The fourth-order valence-corrected chi connectivity index (χ4v) is 3.16. The Labute approximate surface area is 125 Å². The van der Waals surface area contributed by atoms with Crippen molar-refractivity contribution in [2.45, 2.75) is 57.9 Å². The van der Waals surface area contributed by atoms with Gasteiger partial charge in [0, 0.05) is 18.4 Å². The second-order valence-electron chi connectivity index (χ2n) is 6.09. The zero-order valence-electron chi connectivity index (χ0n) is 12.6. The number of pyridine rings is 1. The van der Waals surface area contributed by atoms with Crippen LogP contribution in [0.5, 0.6) is 0 Å². The maximum Gasteiger partial charge on any atom is 0.226 e. The average Bonchev–Trinajstić information content (AvgIpc) is 2.69. The van der Waals surface area contributed by atoms with Gasteiger partial charge in [0.15, 0.2) is 0 Å². The molecule has 1 N–H and O–H groups in total. The Morgan fingerprint density at radius 3 is 2.81 bits per heavy atom. The SMILES string of the molecule is Cc1cccn2cc(CC(=O)NC3CCCCCC3)nc12. The highest BCUT2D eigenvalue weighted by Crippen LogP contribution is 2.17. The lowest BCUT2D eigenvalue weighted by atomic mass is 10.1. The summed E-state index contributed by atoms with van der Waals surface area (Å²) in [4.78, 5) is 16.8. The molecule has 0 unspecified atom stereocenters. The van der Waals surface area contributed by atoms with Gasteiger partial charge in [-0.25, -0.2) is 4.98 Å². The second kappa shape index (κ2) is 6.29. The zero-order chi connectivity index (χ0) is 14.7. The number of aryl methyl sites for hydroxylation is 1. The highest BCUT2D eigenvalue weighted by molar-refractivity contribution is 5.78. The van der Waals surface area contributed by atoms with Crippen molar-refractivity contribution in [1.29, 1.82) is 0 Å². The summed E-state index contributed by atoms with van der Waals surface area (Å²) in [6, 6.07) is 4.40. The van der Waals surface area contributed by atoms with Gasteiger partial charge < -0.3 is 9.72 Å². The molecule has 1 fully saturated rings. The molecule has 2 aromatic rings. The second-order valence-corrected chi connectivity index (χ2v) is 6.09. The summed E-state index contributed by atoms with van der Waals surface area (Å²) in [5, 5.41) is 3.18. The maximum absolute atomic E-state index is 12.2. The molecule has 3 rings (SSSR count). The van der Waals surface area contributed by atoms with E-state index in [-0.39, 0.29) is 5.91 Å². The molecule has 0 radical (unpaired) electrons. The van der Waals surface area contributed by atoms with Crippen LogP contribution in [0.3, 0.4) is 0 Å². The van der Waals surface area contributed by atoms with Crippen LogP contribution in [0, 0.1) is 6.92 Å². The summed E-state index contributed by atoms with van der Waals surface area (Å²) in [6.45, 7) is 2.04. The van der Waals surface area contributed by atoms with Crippen LogP contribution in [0.15, 0.2) is 24.5 Å². The van der Waals surface area contributed by atoms with Crippen LogP contribution < -0.4 is 5.32 Å². The van der Waals surface area contributed by atoms with Crippen molar-refractivity contribution in [2.24, 2.45) is 0 Å². The molecular formula is C17H23N3O. The Balaban J connectivity index is 1.64. The van der Waals surface area contributed by atoms with Crippen molar-refractivity contribution in [3.8, 4) is 0 Å². The summed E-state index contributed by atoms with van der Waals surface area (Å²) in [6.07, 6.45) is 11.6. The van der Waals surface area contributed by atoms with Crippen molar-refractivity contribution >= 4 is 11.6 Å². The lowest BCUT2D eigenvalue weighted by Crippen LogP contribution is -2.35. The summed E-state index contributed by atoms with van der Waals surface area (Å²) in [7, 11) is 0. The third kappa shape index (κ3) is 3.43. The Kier molecular flexibility index (Phi) is 4.23. The molecule has 0 spiro atoms. The zero-order valence-corrected chi connectivity index (χ0v) is 12.6. The van der Waals surface area contributed by atoms with Gasteiger partial charge in [0.2, 0.25) is 5.91 Å². The number of nitrogens with one attached hydrogen (secondary N) is 1. The first-order valence-corrected chi connectivity index (χ1v) is 7.95. The number of imidazole rings is 1. The van der Waals surface area contributed by atoms with Gasteiger partial charge in [-0.05, 0) is 31.4 Å². The standard InChI is InChI=1S/C17H23N3O/c1-13-7-6-10-20-12-15(19-17(13)20)11-16(21)18-14-8-4-2-3-5-9-14/h6-7,10,12,14H,2-5,8-9,11H2,1H3,(H,18,21). The molecule has 0 bridgehead atoms. The molecular weight excluding hydrogens is 262 g/mol. The molecule has 0 saturated heterocycles. The fraction of sp³-hybridized carbons (Fsp3) is 0.529. The Morgan fingerprint density at radius 2 is 2.10 bits per heavy atom. The van der Waals surface area contributed by atoms with E-state index in [9.17, 15) is 4.79 Å². The summed E-state index contributed by atoms with van der Waals surface area (Å²) < 4.78 is 1.99. The predicted octanol–water partition coefficient (Wildman–Crippen LogP) is 3.02. The molecule has 0 atom stereocenters. The van der Waals surface area contributed by atoms with E-state index < -0.39 is 0 Å². The van der Waals surface area contributed by atoms with Crippen molar-refractivity contribution in [2.75, 3.05) is 0 Å². The van der Waals surface area contributed by atoms with Gasteiger partial charge in [0.1, 0.15) is 5.65 Å². The van der Waals surface area contributed by atoms with Crippen molar-refractivity contribution in [1.82, 2.24) is 14.7 Å². The van der Waals surface area contributed by atoms with E-state index in [4.69, 9.17) is 0 Å². The normalized spacial score (nSPS) is 16.8. The molecule has 21 heavy (non-hydrogen) atoms. The smallest absolute Gasteiger partial charge is 0.226 e. The van der Waals surface area contributed by atoms with E-state index in [1.807, 2.05) is 35.9 Å². The van der Waals surface area contributed by atoms with Crippen LogP contribution >= 0.6 is 0 Å². The minimum atomic E-state index is 0.1000. The molecule has 0 aliphatic heterocycles. The van der Waals surface area contributed by atoms with E-state index in [0.717, 1.165) is 29.7 Å². The number of aromatic nitrogens is 2. The van der Waals surface area contributed by atoms with Gasteiger partial charge in [0.05, 0.1) is 12.1 Å². The first-order chi connectivity index (χ1) is 10.2. The first-order valence-electron chi connectivity index (χ1n) is 7.95. The number of carbonyl (C=O) groups excluding carboxylic acids is 1. The van der Waals surface area contributed by atoms with Crippen LogP contribution in [-0.2, 0) is 11.2 Å². The molecule has 4 heteroatoms. The Morgan fingerprint density at radius 1 is 1.33 bits per heavy atom. The van der Waals surface area contributed by atoms with E-state index in [2.05, 4.69) is 10.3 Å². The number of fused-ring (bicyclic) bond motifs is 1. The number of nitrogens with zero attached hydrogens (tertiary/aromatic N) is 2. The van der Waals surface area contributed by atoms with Gasteiger partial charge >= 0.3 is 0 Å². The number of hydrogen-bond acceptors (Lipinski definition) is 2. The highest BCUT2D eigenvalue weighted by Gasteiger charge is 2.16. The quantitative estimate of drug-likeness (QED) is 0.881. The van der Waals surface area contributed by atoms with Crippen LogP contribution in [0.2, 0.25) is 0 Å². The van der Waals surface area contributed by atoms with Crippen LogP contribution in [0.25, 0.3) is 5.65 Å². The van der Waals surface area contributed by atoms with E-state index in [1.54, 1.807) is 0 Å². The molecule has 1 aliphatic rings. The average molecular weight is 285 g/mol. The minimum absolute atomic E-state index is 0.1000. The van der Waals surface area contributed by atoms with Crippen LogP contribution in [0.1, 0.15) is 49.8 Å². The van der Waals surface area contributed by atoms with E-state index in [1.165, 1.54) is 25.7 Å². The molecule has 1 saturated carbocycles. The van der Waals surface area contributed by atoms with Crippen LogP contribution in [-0.4, -0.2) is 21.3 Å². The van der Waals surface area contributed by atoms with E-state index >= 15 is 0 Å². The Hall–Kier alpha value is -1.84. The van der Waals surface area contributed by atoms with Gasteiger partial charge in [0.25, 0.3) is 0 Å². The first kappa shape index (κ1) is 14.1. The molecule has 1 amide bonds. The Bertz CT molecular complexity index is 624. The molecule has 0 aromatic carbocycles. The van der Waals surface area contributed by atoms with E-state index in [0.29, 0.717) is 12.5 Å². The van der Waals surface area contributed by atoms with Gasteiger partial charge in [-0.3, -0.25) is 4.79 Å². The molecule has 4 nitrogen and oxygen atoms in total. The summed E-state index contributed by atoms with van der Waals surface area (Å²) >= 11 is 0. The molecule has 112 valence electrons. The molecule has 2 aromatic heterocycles. The van der Waals surface area contributed by atoms with Crippen molar-refractivity contribution in [3.05, 3.63) is 35.8 Å². The third-order valence-electron chi connectivity index (χ3n) is 4.29. The summed E-state index contributed by atoms with van der Waals surface area (Å²) in [5.74, 6) is 0.1000. The summed E-state index contributed by atoms with van der Waals surface area (Å²) in [5.41, 5.74) is 2.91. The molecule has 1 aliphatic carbocycles. The lowest BCUT2D eigenvalue weighted by Gasteiger charge is -2.15. The van der Waals surface area contributed by atoms with Gasteiger partial charge in [-0.2, -0.15) is 0 Å². The van der Waals surface area contributed by atoms with Gasteiger partial charge in [-0.15, -0.1) is 0 Å². The number of rotatable bonds is 3. The number of hydrogen-bond donors (Lipinski definition) is 1.